The summed E-state index contributed by atoms with van der Waals surface area (Å²) in [6.45, 7) is 0.166. The molecule has 3 aromatic rings. The average Bonchev–Trinajstić information content (AvgIpc) is 3.21. The van der Waals surface area contributed by atoms with E-state index in [9.17, 15) is 14.0 Å². The van der Waals surface area contributed by atoms with Gasteiger partial charge in [0.05, 0.1) is 18.2 Å². The fourth-order valence-electron chi connectivity index (χ4n) is 2.45. The molecule has 0 aliphatic heterocycles. The second-order valence-corrected chi connectivity index (χ2v) is 6.20. The highest BCUT2D eigenvalue weighted by atomic mass is 35.5. The van der Waals surface area contributed by atoms with E-state index in [1.165, 1.54) is 25.3 Å². The molecule has 29 heavy (non-hydrogen) atoms. The van der Waals surface area contributed by atoms with E-state index in [2.05, 4.69) is 20.8 Å². The molecule has 0 saturated carbocycles. The first-order valence-electron chi connectivity index (χ1n) is 8.48. The molecule has 1 heterocycles. The summed E-state index contributed by atoms with van der Waals surface area (Å²) in [7, 11) is 1.48. The van der Waals surface area contributed by atoms with Crippen LogP contribution in [0.15, 0.2) is 47.0 Å². The lowest BCUT2D eigenvalue weighted by Gasteiger charge is -2.06. The van der Waals surface area contributed by atoms with E-state index in [4.69, 9.17) is 20.9 Å². The number of halogens is 2. The fourth-order valence-corrected chi connectivity index (χ4v) is 2.62. The monoisotopic (exact) mass is 418 g/mol. The van der Waals surface area contributed by atoms with Gasteiger partial charge in [0.1, 0.15) is 11.6 Å². The van der Waals surface area contributed by atoms with Crippen LogP contribution in [0.3, 0.4) is 0 Å². The molecule has 2 amide bonds. The van der Waals surface area contributed by atoms with E-state index in [0.717, 1.165) is 0 Å². The van der Waals surface area contributed by atoms with Gasteiger partial charge in [-0.25, -0.2) is 4.39 Å². The zero-order chi connectivity index (χ0) is 20.8. The van der Waals surface area contributed by atoms with Gasteiger partial charge in [-0.15, -0.1) is 0 Å². The molecular formula is C19H16ClFN4O4. The van der Waals surface area contributed by atoms with Crippen LogP contribution in [0.1, 0.15) is 21.0 Å². The van der Waals surface area contributed by atoms with Crippen LogP contribution in [0.5, 0.6) is 5.75 Å². The second kappa shape index (κ2) is 9.16. The number of benzene rings is 2. The van der Waals surface area contributed by atoms with Gasteiger partial charge in [-0.2, -0.15) is 4.98 Å². The van der Waals surface area contributed by atoms with Crippen LogP contribution < -0.4 is 15.4 Å². The Labute approximate surface area is 170 Å². The van der Waals surface area contributed by atoms with Gasteiger partial charge in [0.25, 0.3) is 5.91 Å². The van der Waals surface area contributed by atoms with Crippen molar-refractivity contribution in [2.24, 2.45) is 0 Å². The third kappa shape index (κ3) is 4.88. The van der Waals surface area contributed by atoms with Crippen molar-refractivity contribution in [3.8, 4) is 17.1 Å². The van der Waals surface area contributed by atoms with Gasteiger partial charge in [0, 0.05) is 18.1 Å². The number of hydrogen-bond donors (Lipinski definition) is 2. The molecule has 3 rings (SSSR count). The van der Waals surface area contributed by atoms with E-state index < -0.39 is 17.6 Å². The summed E-state index contributed by atoms with van der Waals surface area (Å²) in [5.74, 6) is -1.47. The Morgan fingerprint density at radius 3 is 2.59 bits per heavy atom. The van der Waals surface area contributed by atoms with Gasteiger partial charge >= 0.3 is 11.8 Å². The van der Waals surface area contributed by atoms with Crippen molar-refractivity contribution in [2.45, 2.75) is 0 Å². The molecular weight excluding hydrogens is 403 g/mol. The number of methoxy groups -OCH3 is 1. The number of ether oxygens (including phenoxy) is 1. The Morgan fingerprint density at radius 1 is 1.14 bits per heavy atom. The Bertz CT molecular complexity index is 1040. The van der Waals surface area contributed by atoms with E-state index >= 15 is 0 Å². The summed E-state index contributed by atoms with van der Waals surface area (Å²) in [4.78, 5) is 28.1. The summed E-state index contributed by atoms with van der Waals surface area (Å²) >= 11 is 5.98. The lowest BCUT2D eigenvalue weighted by atomic mass is 10.2. The highest BCUT2D eigenvalue weighted by Gasteiger charge is 2.18. The number of nitrogens with zero attached hydrogens (tertiary/aromatic N) is 2. The van der Waals surface area contributed by atoms with Gasteiger partial charge in [0.2, 0.25) is 5.82 Å². The number of carbonyl (C=O) groups excluding carboxylic acids is 2. The molecule has 1 aromatic heterocycles. The largest absolute Gasteiger partial charge is 0.496 e. The van der Waals surface area contributed by atoms with Gasteiger partial charge in [0.15, 0.2) is 0 Å². The maximum absolute atomic E-state index is 13.5. The van der Waals surface area contributed by atoms with Crippen LogP contribution in [0.2, 0.25) is 5.02 Å². The molecule has 0 bridgehead atoms. The fraction of sp³-hybridized carbons (Fsp3) is 0.158. The third-order valence-electron chi connectivity index (χ3n) is 3.84. The minimum absolute atomic E-state index is 0.0733. The van der Waals surface area contributed by atoms with E-state index in [1.807, 2.05) is 0 Å². The van der Waals surface area contributed by atoms with Crippen molar-refractivity contribution in [1.29, 1.82) is 0 Å². The van der Waals surface area contributed by atoms with E-state index in [-0.39, 0.29) is 30.4 Å². The molecule has 0 spiro atoms. The maximum atomic E-state index is 13.5. The Morgan fingerprint density at radius 2 is 1.86 bits per heavy atom. The lowest BCUT2D eigenvalue weighted by molar-refractivity contribution is 0.0897. The van der Waals surface area contributed by atoms with Crippen LogP contribution in [0.25, 0.3) is 11.4 Å². The quantitative estimate of drug-likeness (QED) is 0.571. The molecule has 150 valence electrons. The molecule has 0 aliphatic rings. The average molecular weight is 419 g/mol. The molecule has 2 aromatic carbocycles. The lowest BCUT2D eigenvalue weighted by Crippen LogP contribution is -2.35. The van der Waals surface area contributed by atoms with Crippen molar-refractivity contribution in [3.63, 3.8) is 0 Å². The minimum Gasteiger partial charge on any atom is -0.496 e. The molecule has 0 atom stereocenters. The molecule has 0 aliphatic carbocycles. The van der Waals surface area contributed by atoms with Gasteiger partial charge in [-0.1, -0.05) is 28.9 Å². The predicted molar refractivity (Wildman–Crippen MR) is 102 cm³/mol. The van der Waals surface area contributed by atoms with Crippen molar-refractivity contribution < 1.29 is 23.2 Å². The van der Waals surface area contributed by atoms with Crippen LogP contribution in [0, 0.1) is 5.82 Å². The molecule has 2 N–H and O–H groups in total. The number of carbonyl (C=O) groups is 2. The summed E-state index contributed by atoms with van der Waals surface area (Å²) in [6.07, 6.45) is 0. The number of hydrogen-bond acceptors (Lipinski definition) is 6. The van der Waals surface area contributed by atoms with Gasteiger partial charge in [-0.05, 0) is 30.3 Å². The van der Waals surface area contributed by atoms with Crippen molar-refractivity contribution in [2.75, 3.05) is 20.2 Å². The maximum Gasteiger partial charge on any atom is 0.316 e. The minimum atomic E-state index is -0.621. The molecule has 0 unspecified atom stereocenters. The van der Waals surface area contributed by atoms with E-state index in [1.54, 1.807) is 24.3 Å². The number of aromatic nitrogens is 2. The van der Waals surface area contributed by atoms with Crippen LogP contribution >= 0.6 is 11.6 Å². The number of nitrogens with one attached hydrogen (secondary N) is 2. The summed E-state index contributed by atoms with van der Waals surface area (Å²) in [5, 5.41) is 9.24. The van der Waals surface area contributed by atoms with Crippen LogP contribution in [-0.4, -0.2) is 42.2 Å². The standard InChI is InChI=1S/C19H16ClFN4O4/c1-28-15-7-6-11(20)10-13(15)16-24-19(29-25-16)18(27)23-9-8-22-17(26)12-4-2-3-5-14(12)21/h2-7,10H,8-9H2,1H3,(H,22,26)(H,23,27). The van der Waals surface area contributed by atoms with Crippen molar-refractivity contribution >= 4 is 23.4 Å². The highest BCUT2D eigenvalue weighted by molar-refractivity contribution is 6.30. The Balaban J connectivity index is 1.55. The third-order valence-corrected chi connectivity index (χ3v) is 4.07. The normalized spacial score (nSPS) is 10.4. The Hall–Kier alpha value is -3.46. The predicted octanol–water partition coefficient (Wildman–Crippen LogP) is 2.70. The molecule has 0 fully saturated rings. The second-order valence-electron chi connectivity index (χ2n) is 5.76. The summed E-state index contributed by atoms with van der Waals surface area (Å²) < 4.78 is 23.7. The number of amides is 2. The number of rotatable bonds is 7. The first-order chi connectivity index (χ1) is 14.0. The molecule has 0 saturated heterocycles. The first kappa shape index (κ1) is 20.3. The topological polar surface area (TPSA) is 106 Å². The van der Waals surface area contributed by atoms with Crippen LogP contribution in [0.4, 0.5) is 4.39 Å². The molecule has 10 heteroatoms. The van der Waals surface area contributed by atoms with Gasteiger partial charge < -0.3 is 19.9 Å². The van der Waals surface area contributed by atoms with Crippen LogP contribution in [-0.2, 0) is 0 Å². The SMILES string of the molecule is COc1ccc(Cl)cc1-c1noc(C(=O)NCCNC(=O)c2ccccc2F)n1. The Kier molecular flexibility index (Phi) is 6.40. The van der Waals surface area contributed by atoms with Crippen molar-refractivity contribution in [3.05, 3.63) is 64.8 Å². The molecule has 8 nitrogen and oxygen atoms in total. The van der Waals surface area contributed by atoms with Gasteiger partial charge in [-0.3, -0.25) is 9.59 Å². The van der Waals surface area contributed by atoms with E-state index in [0.29, 0.717) is 16.3 Å². The zero-order valence-electron chi connectivity index (χ0n) is 15.2. The first-order valence-corrected chi connectivity index (χ1v) is 8.86. The zero-order valence-corrected chi connectivity index (χ0v) is 16.0. The summed E-state index contributed by atoms with van der Waals surface area (Å²) in [6, 6.07) is 10.5. The summed E-state index contributed by atoms with van der Waals surface area (Å²) in [5.41, 5.74) is 0.399. The molecule has 0 radical (unpaired) electrons. The van der Waals surface area contributed by atoms with Crippen molar-refractivity contribution in [1.82, 2.24) is 20.8 Å². The smallest absolute Gasteiger partial charge is 0.316 e. The highest BCUT2D eigenvalue weighted by Crippen LogP contribution is 2.30.